The van der Waals surface area contributed by atoms with Gasteiger partial charge in [0.15, 0.2) is 0 Å². The van der Waals surface area contributed by atoms with E-state index in [0.29, 0.717) is 0 Å². The second kappa shape index (κ2) is 19.7. The molecule has 0 spiro atoms. The van der Waals surface area contributed by atoms with Crippen LogP contribution in [0.1, 0.15) is 72.6 Å². The van der Waals surface area contributed by atoms with Crippen molar-refractivity contribution >= 4 is 0 Å². The Hall–Kier alpha value is 0.423. The van der Waals surface area contributed by atoms with Crippen LogP contribution in [0.15, 0.2) is 34.4 Å². The van der Waals surface area contributed by atoms with Crippen LogP contribution in [0.4, 0.5) is 0 Å². The van der Waals surface area contributed by atoms with Crippen molar-refractivity contribution in [2.24, 2.45) is 0 Å². The molecular weight excluding hydrogens is 414 g/mol. The van der Waals surface area contributed by atoms with Gasteiger partial charge in [-0.25, -0.2) is 23.3 Å². The maximum Gasteiger partial charge on any atom is 2.00 e. The molecule has 0 bridgehead atoms. The number of halogens is 2. The van der Waals surface area contributed by atoms with Crippen LogP contribution >= 0.6 is 0 Å². The minimum Gasteiger partial charge on any atom is -1.00 e. The monoisotopic (exact) mass is 444 g/mol. The van der Waals surface area contributed by atoms with Crippen LogP contribution in [0.5, 0.6) is 0 Å². The van der Waals surface area contributed by atoms with Gasteiger partial charge in [-0.1, -0.05) is 47.0 Å². The second-order valence-electron chi connectivity index (χ2n) is 5.98. The molecule has 3 rings (SSSR count). The van der Waals surface area contributed by atoms with Gasteiger partial charge in [-0.3, -0.25) is 12.2 Å². The van der Waals surface area contributed by atoms with E-state index in [1.165, 1.54) is 54.4 Å². The largest absolute Gasteiger partial charge is 2.00 e. The molecular formula is C21H32Cl2Zr-4. The zero-order chi connectivity index (χ0) is 14.8. The Morgan fingerprint density at radius 1 is 0.750 bits per heavy atom. The molecule has 3 aliphatic rings. The predicted molar refractivity (Wildman–Crippen MR) is 95.4 cm³/mol. The van der Waals surface area contributed by atoms with Crippen molar-refractivity contribution in [3.05, 3.63) is 60.4 Å². The van der Waals surface area contributed by atoms with Gasteiger partial charge in [0.05, 0.1) is 0 Å². The molecule has 0 heterocycles. The molecule has 0 atom stereocenters. The molecule has 0 aromatic rings. The summed E-state index contributed by atoms with van der Waals surface area (Å²) in [6, 6.07) is 0. The third kappa shape index (κ3) is 17.3. The first kappa shape index (κ1) is 32.1. The first-order chi connectivity index (χ1) is 9.58. The molecule has 138 valence electrons. The summed E-state index contributed by atoms with van der Waals surface area (Å²) in [6.45, 7) is 8.42. The zero-order valence-corrected chi connectivity index (χ0v) is 19.9. The van der Waals surface area contributed by atoms with Crippen molar-refractivity contribution in [3.8, 4) is 0 Å². The van der Waals surface area contributed by atoms with Crippen LogP contribution < -0.4 is 24.8 Å². The Labute approximate surface area is 183 Å². The fraction of sp³-hybridized carbons (Fsp3) is 0.524. The summed E-state index contributed by atoms with van der Waals surface area (Å²) in [6.07, 6.45) is 22.3. The van der Waals surface area contributed by atoms with Gasteiger partial charge in [-0.05, 0) is 0 Å². The van der Waals surface area contributed by atoms with E-state index < -0.39 is 0 Å². The van der Waals surface area contributed by atoms with Gasteiger partial charge in [0.2, 0.25) is 0 Å². The minimum atomic E-state index is 0. The van der Waals surface area contributed by atoms with Crippen LogP contribution in [-0.4, -0.2) is 0 Å². The summed E-state index contributed by atoms with van der Waals surface area (Å²) in [5.74, 6) is 0. The predicted octanol–water partition coefficient (Wildman–Crippen LogP) is 0.782. The van der Waals surface area contributed by atoms with Gasteiger partial charge in [0.25, 0.3) is 0 Å². The molecule has 24 heavy (non-hydrogen) atoms. The minimum absolute atomic E-state index is 0. The third-order valence-electron chi connectivity index (χ3n) is 3.53. The molecule has 0 radical (unpaired) electrons. The van der Waals surface area contributed by atoms with E-state index in [1.807, 2.05) is 0 Å². The summed E-state index contributed by atoms with van der Waals surface area (Å²) in [5, 5.41) is 0. The van der Waals surface area contributed by atoms with Crippen LogP contribution in [0.2, 0.25) is 0 Å². The van der Waals surface area contributed by atoms with E-state index in [0.717, 1.165) is 12.8 Å². The summed E-state index contributed by atoms with van der Waals surface area (Å²) < 4.78 is 0. The van der Waals surface area contributed by atoms with E-state index in [4.69, 9.17) is 0 Å². The Bertz CT molecular complexity index is 368. The van der Waals surface area contributed by atoms with E-state index >= 15 is 0 Å². The van der Waals surface area contributed by atoms with Gasteiger partial charge >= 0.3 is 26.2 Å². The van der Waals surface area contributed by atoms with E-state index in [2.05, 4.69) is 58.4 Å². The summed E-state index contributed by atoms with van der Waals surface area (Å²) in [5.41, 5.74) is 5.44. The van der Waals surface area contributed by atoms with E-state index in [9.17, 15) is 0 Å². The Morgan fingerprint density at radius 3 is 1.21 bits per heavy atom. The molecule has 1 fully saturated rings. The van der Waals surface area contributed by atoms with Gasteiger partial charge in [0, 0.05) is 0 Å². The molecule has 3 aliphatic carbocycles. The van der Waals surface area contributed by atoms with Crippen LogP contribution in [0.3, 0.4) is 0 Å². The van der Waals surface area contributed by atoms with Gasteiger partial charge in [0.1, 0.15) is 0 Å². The van der Waals surface area contributed by atoms with Crippen LogP contribution in [0.25, 0.3) is 0 Å². The first-order valence-corrected chi connectivity index (χ1v) is 7.89. The average molecular weight is 447 g/mol. The van der Waals surface area contributed by atoms with Crippen molar-refractivity contribution < 1.29 is 51.0 Å². The zero-order valence-electron chi connectivity index (χ0n) is 15.9. The smallest absolute Gasteiger partial charge is 1.00 e. The van der Waals surface area contributed by atoms with Crippen molar-refractivity contribution in [3.63, 3.8) is 0 Å². The number of allylic oxidation sites excluding steroid dienone is 8. The molecule has 0 unspecified atom stereocenters. The van der Waals surface area contributed by atoms with Crippen molar-refractivity contribution in [2.45, 2.75) is 72.6 Å². The van der Waals surface area contributed by atoms with Crippen LogP contribution in [-0.2, 0) is 26.2 Å². The second-order valence-corrected chi connectivity index (χ2v) is 5.98. The molecule has 1 saturated carbocycles. The maximum absolute atomic E-state index is 3.19. The molecule has 0 saturated heterocycles. The topological polar surface area (TPSA) is 0 Å². The Kier molecular flexibility index (Phi) is 26.4. The first-order valence-electron chi connectivity index (χ1n) is 7.89. The molecule has 0 nitrogen and oxygen atoms in total. The summed E-state index contributed by atoms with van der Waals surface area (Å²) in [7, 11) is 0. The third-order valence-corrected chi connectivity index (χ3v) is 3.53. The summed E-state index contributed by atoms with van der Waals surface area (Å²) >= 11 is 0. The SMILES string of the molecule is CC1=[C-]CC(C)=C1.CC1=[C-]CC(C)=C1.[CH-]1CCCCC1.[CH3-].[Cl-].[Cl-].[Zr+2]. The molecule has 0 aliphatic heterocycles. The van der Waals surface area contributed by atoms with Crippen molar-refractivity contribution in [2.75, 3.05) is 0 Å². The maximum atomic E-state index is 3.19. The van der Waals surface area contributed by atoms with Gasteiger partial charge in [-0.15, -0.1) is 12.8 Å². The van der Waals surface area contributed by atoms with Gasteiger partial charge in [-0.2, -0.15) is 24.0 Å². The van der Waals surface area contributed by atoms with E-state index in [-0.39, 0.29) is 58.4 Å². The van der Waals surface area contributed by atoms with E-state index in [1.54, 1.807) is 0 Å². The quantitative estimate of drug-likeness (QED) is 0.483. The number of rotatable bonds is 0. The molecule has 0 amide bonds. The number of hydrogen-bond acceptors (Lipinski definition) is 0. The molecule has 0 aromatic heterocycles. The van der Waals surface area contributed by atoms with Crippen LogP contribution in [0, 0.1) is 26.0 Å². The normalized spacial score (nSPS) is 17.2. The number of hydrogen-bond donors (Lipinski definition) is 0. The Balaban J connectivity index is -0.000000116. The molecule has 0 aromatic carbocycles. The average Bonchev–Trinajstić information content (AvgIpc) is 3.01. The fourth-order valence-corrected chi connectivity index (χ4v) is 2.40. The molecule has 0 N–H and O–H groups in total. The summed E-state index contributed by atoms with van der Waals surface area (Å²) in [4.78, 5) is 0. The van der Waals surface area contributed by atoms with Crippen molar-refractivity contribution in [1.29, 1.82) is 0 Å². The molecule has 3 heteroatoms. The fourth-order valence-electron chi connectivity index (χ4n) is 2.40. The van der Waals surface area contributed by atoms with Gasteiger partial charge < -0.3 is 38.7 Å². The van der Waals surface area contributed by atoms with Crippen molar-refractivity contribution in [1.82, 2.24) is 0 Å². The Morgan fingerprint density at radius 2 is 1.12 bits per heavy atom. The standard InChI is InChI=1S/2C7H9.C6H11.CH3.2ClH.Zr/c2*1-6-3-4-7(2)5-6;1-2-4-6-5-3-1;;;;/h2*5H,3H2,1-2H3;1H,2-6H2;1H3;2*1H;/q4*-1;;;+2/p-2.